The number of rotatable bonds is 7. The number of nitrogens with one attached hydrogen (secondary N) is 2. The molecule has 5 nitrogen and oxygen atoms in total. The second-order valence-electron chi connectivity index (χ2n) is 4.32. The number of halogens is 1. The Bertz CT molecular complexity index is 331. The molecule has 1 atom stereocenters. The molecule has 1 unspecified atom stereocenters. The van der Waals surface area contributed by atoms with Crippen LogP contribution in [0.15, 0.2) is 4.99 Å². The number of unbranched alkanes of at least 4 members (excludes halogenated alkanes) is 1. The SMILES string of the molecule is CCCCNC(=NC)NC(C)CCS(C)(=O)=O.I. The fraction of sp³-hybridized carbons (Fsp3) is 0.909. The van der Waals surface area contributed by atoms with Crippen LogP contribution in [0.3, 0.4) is 0 Å². The molecular formula is C11H26IN3O2S. The summed E-state index contributed by atoms with van der Waals surface area (Å²) in [6.45, 7) is 4.97. The highest BCUT2D eigenvalue weighted by atomic mass is 127. The molecule has 0 aromatic heterocycles. The fourth-order valence-corrected chi connectivity index (χ4v) is 2.06. The minimum atomic E-state index is -2.88. The van der Waals surface area contributed by atoms with E-state index in [1.165, 1.54) is 6.26 Å². The highest BCUT2D eigenvalue weighted by Crippen LogP contribution is 1.95. The van der Waals surface area contributed by atoms with Gasteiger partial charge in [0.2, 0.25) is 0 Å². The van der Waals surface area contributed by atoms with E-state index in [0.717, 1.165) is 25.3 Å². The highest BCUT2D eigenvalue weighted by Gasteiger charge is 2.08. The first-order chi connectivity index (χ1) is 7.89. The molecule has 0 saturated carbocycles. The average molecular weight is 391 g/mol. The molecule has 0 amide bonds. The topological polar surface area (TPSA) is 70.6 Å². The Morgan fingerprint density at radius 1 is 1.39 bits per heavy atom. The zero-order valence-electron chi connectivity index (χ0n) is 11.7. The van der Waals surface area contributed by atoms with Gasteiger partial charge < -0.3 is 10.6 Å². The van der Waals surface area contributed by atoms with E-state index in [4.69, 9.17) is 0 Å². The van der Waals surface area contributed by atoms with Gasteiger partial charge in [0.1, 0.15) is 9.84 Å². The van der Waals surface area contributed by atoms with Crippen LogP contribution in [0, 0.1) is 0 Å². The number of nitrogens with zero attached hydrogens (tertiary/aromatic N) is 1. The summed E-state index contributed by atoms with van der Waals surface area (Å²) >= 11 is 0. The lowest BCUT2D eigenvalue weighted by Gasteiger charge is -2.17. The maximum atomic E-state index is 11.0. The Morgan fingerprint density at radius 2 is 2.00 bits per heavy atom. The van der Waals surface area contributed by atoms with Crippen LogP contribution in [0.4, 0.5) is 0 Å². The van der Waals surface area contributed by atoms with Gasteiger partial charge in [-0.25, -0.2) is 8.42 Å². The van der Waals surface area contributed by atoms with Gasteiger partial charge in [-0.2, -0.15) is 0 Å². The van der Waals surface area contributed by atoms with Gasteiger partial charge in [-0.15, -0.1) is 24.0 Å². The van der Waals surface area contributed by atoms with E-state index in [-0.39, 0.29) is 35.8 Å². The summed E-state index contributed by atoms with van der Waals surface area (Å²) in [5, 5.41) is 6.36. The van der Waals surface area contributed by atoms with Crippen molar-refractivity contribution in [2.24, 2.45) is 4.99 Å². The van der Waals surface area contributed by atoms with Crippen LogP contribution in [0.5, 0.6) is 0 Å². The van der Waals surface area contributed by atoms with Gasteiger partial charge >= 0.3 is 0 Å². The van der Waals surface area contributed by atoms with Crippen molar-refractivity contribution in [3.63, 3.8) is 0 Å². The Hall–Kier alpha value is -0.0500. The normalized spacial score (nSPS) is 13.7. The first kappa shape index (κ1) is 20.3. The summed E-state index contributed by atoms with van der Waals surface area (Å²) in [5.41, 5.74) is 0. The smallest absolute Gasteiger partial charge is 0.191 e. The quantitative estimate of drug-likeness (QED) is 0.298. The predicted octanol–water partition coefficient (Wildman–Crippen LogP) is 1.39. The van der Waals surface area contributed by atoms with Gasteiger partial charge in [-0.3, -0.25) is 4.99 Å². The van der Waals surface area contributed by atoms with Gasteiger partial charge in [0.05, 0.1) is 5.75 Å². The van der Waals surface area contributed by atoms with Gasteiger partial charge in [0, 0.05) is 25.9 Å². The van der Waals surface area contributed by atoms with Crippen LogP contribution >= 0.6 is 24.0 Å². The summed E-state index contributed by atoms with van der Waals surface area (Å²) in [6, 6.07) is 0.0950. The molecule has 0 spiro atoms. The van der Waals surface area contributed by atoms with E-state index in [1.54, 1.807) is 7.05 Å². The summed E-state index contributed by atoms with van der Waals surface area (Å²) in [6.07, 6.45) is 4.08. The first-order valence-electron chi connectivity index (χ1n) is 6.04. The van der Waals surface area contributed by atoms with E-state index in [0.29, 0.717) is 6.42 Å². The molecule has 0 aliphatic rings. The third-order valence-corrected chi connectivity index (χ3v) is 3.33. The Labute approximate surface area is 128 Å². The molecule has 110 valence electrons. The summed E-state index contributed by atoms with van der Waals surface area (Å²) < 4.78 is 22.1. The van der Waals surface area contributed by atoms with Crippen LogP contribution < -0.4 is 10.6 Å². The second kappa shape index (κ2) is 10.8. The maximum absolute atomic E-state index is 11.0. The molecule has 18 heavy (non-hydrogen) atoms. The van der Waals surface area contributed by atoms with E-state index in [2.05, 4.69) is 22.5 Å². The predicted molar refractivity (Wildman–Crippen MR) is 88.6 cm³/mol. The number of hydrogen-bond acceptors (Lipinski definition) is 3. The van der Waals surface area contributed by atoms with Crippen LogP contribution in [-0.2, 0) is 9.84 Å². The molecule has 0 aromatic carbocycles. The van der Waals surface area contributed by atoms with Crippen molar-refractivity contribution in [3.05, 3.63) is 0 Å². The van der Waals surface area contributed by atoms with Crippen LogP contribution in [0.2, 0.25) is 0 Å². The third-order valence-electron chi connectivity index (χ3n) is 2.35. The minimum Gasteiger partial charge on any atom is -0.356 e. The van der Waals surface area contributed by atoms with Crippen molar-refractivity contribution >= 4 is 39.8 Å². The van der Waals surface area contributed by atoms with Crippen LogP contribution in [-0.4, -0.2) is 46.0 Å². The molecule has 0 fully saturated rings. The number of sulfone groups is 1. The Kier molecular flexibility index (Phi) is 12.2. The van der Waals surface area contributed by atoms with Crippen molar-refractivity contribution < 1.29 is 8.42 Å². The van der Waals surface area contributed by atoms with E-state index < -0.39 is 9.84 Å². The number of aliphatic imine (C=N–C) groups is 1. The molecular weight excluding hydrogens is 365 g/mol. The van der Waals surface area contributed by atoms with Gasteiger partial charge in [-0.1, -0.05) is 13.3 Å². The summed E-state index contributed by atoms with van der Waals surface area (Å²) in [5.74, 6) is 0.937. The molecule has 0 bridgehead atoms. The maximum Gasteiger partial charge on any atom is 0.191 e. The zero-order chi connectivity index (χ0) is 13.3. The number of hydrogen-bond donors (Lipinski definition) is 2. The lowest BCUT2D eigenvalue weighted by Crippen LogP contribution is -2.43. The van der Waals surface area contributed by atoms with Gasteiger partial charge in [0.25, 0.3) is 0 Å². The van der Waals surface area contributed by atoms with Crippen LogP contribution in [0.1, 0.15) is 33.1 Å². The van der Waals surface area contributed by atoms with E-state index in [1.807, 2.05) is 6.92 Å². The molecule has 2 N–H and O–H groups in total. The molecule has 7 heteroatoms. The first-order valence-corrected chi connectivity index (χ1v) is 8.10. The fourth-order valence-electron chi connectivity index (χ4n) is 1.27. The van der Waals surface area contributed by atoms with E-state index >= 15 is 0 Å². The third kappa shape index (κ3) is 12.4. The second-order valence-corrected chi connectivity index (χ2v) is 6.58. The molecule has 0 heterocycles. The minimum absolute atomic E-state index is 0. The molecule has 0 aliphatic heterocycles. The Balaban J connectivity index is 0. The molecule has 0 radical (unpaired) electrons. The van der Waals surface area contributed by atoms with E-state index in [9.17, 15) is 8.42 Å². The molecule has 0 aliphatic carbocycles. The lowest BCUT2D eigenvalue weighted by atomic mass is 10.3. The van der Waals surface area contributed by atoms with Gasteiger partial charge in [-0.05, 0) is 19.8 Å². The number of guanidine groups is 1. The van der Waals surface area contributed by atoms with Crippen molar-refractivity contribution in [3.8, 4) is 0 Å². The van der Waals surface area contributed by atoms with Gasteiger partial charge in [0.15, 0.2) is 5.96 Å². The largest absolute Gasteiger partial charge is 0.356 e. The average Bonchev–Trinajstić information content (AvgIpc) is 2.24. The molecule has 0 rings (SSSR count). The highest BCUT2D eigenvalue weighted by molar-refractivity contribution is 14.0. The Morgan fingerprint density at radius 3 is 2.44 bits per heavy atom. The molecule has 0 saturated heterocycles. The van der Waals surface area contributed by atoms with Crippen molar-refractivity contribution in [2.45, 2.75) is 39.2 Å². The van der Waals surface area contributed by atoms with Crippen molar-refractivity contribution in [1.82, 2.24) is 10.6 Å². The molecule has 0 aromatic rings. The standard InChI is InChI=1S/C11H25N3O2S.HI/c1-5-6-8-13-11(12-3)14-10(2)7-9-17(4,15)16;/h10H,5-9H2,1-4H3,(H2,12,13,14);1H. The van der Waals surface area contributed by atoms with Crippen molar-refractivity contribution in [1.29, 1.82) is 0 Å². The van der Waals surface area contributed by atoms with Crippen molar-refractivity contribution in [2.75, 3.05) is 25.6 Å². The summed E-state index contributed by atoms with van der Waals surface area (Å²) in [7, 11) is -1.17. The zero-order valence-corrected chi connectivity index (χ0v) is 14.8. The monoisotopic (exact) mass is 391 g/mol. The lowest BCUT2D eigenvalue weighted by molar-refractivity contribution is 0.580. The summed E-state index contributed by atoms with van der Waals surface area (Å²) in [4.78, 5) is 4.09. The van der Waals surface area contributed by atoms with Crippen LogP contribution in [0.25, 0.3) is 0 Å².